The fraction of sp³-hybridized carbons (Fsp3) is 0.0417. The third-order valence-corrected chi connectivity index (χ3v) is 5.93. The predicted octanol–water partition coefficient (Wildman–Crippen LogP) is 4.98. The van der Waals surface area contributed by atoms with Gasteiger partial charge >= 0.3 is 22.3 Å². The third kappa shape index (κ3) is 5.78. The fourth-order valence-corrected chi connectivity index (χ4v) is 4.22. The van der Waals surface area contributed by atoms with Gasteiger partial charge in [-0.2, -0.15) is 21.6 Å². The average molecular weight is 532 g/mol. The van der Waals surface area contributed by atoms with Crippen molar-refractivity contribution in [2.45, 2.75) is 11.1 Å². The predicted molar refractivity (Wildman–Crippen MR) is 121 cm³/mol. The third-order valence-electron chi connectivity index (χ3n) is 4.64. The van der Waals surface area contributed by atoms with Crippen molar-refractivity contribution >= 4 is 16.1 Å². The van der Waals surface area contributed by atoms with Crippen LogP contribution in [0.2, 0.25) is 0 Å². The van der Waals surface area contributed by atoms with Gasteiger partial charge in [0.15, 0.2) is 17.2 Å². The van der Waals surface area contributed by atoms with Gasteiger partial charge in [0.05, 0.1) is 6.20 Å². The summed E-state index contributed by atoms with van der Waals surface area (Å²) < 4.78 is 84.3. The summed E-state index contributed by atoms with van der Waals surface area (Å²) in [5.74, 6) is -4.16. The number of benzene rings is 2. The Kier molecular flexibility index (Phi) is 6.98. The zero-order chi connectivity index (χ0) is 26.6. The van der Waals surface area contributed by atoms with Crippen molar-refractivity contribution in [3.63, 3.8) is 0 Å². The van der Waals surface area contributed by atoms with E-state index in [2.05, 4.69) is 9.97 Å². The lowest BCUT2D eigenvalue weighted by Crippen LogP contribution is -2.21. The number of nitrogens with zero attached hydrogens (tertiary/aromatic N) is 2. The molecular weight excluding hydrogens is 517 g/mol. The van der Waals surface area contributed by atoms with Crippen molar-refractivity contribution in [2.75, 3.05) is 0 Å². The lowest BCUT2D eigenvalue weighted by atomic mass is 10.1. The van der Waals surface area contributed by atoms with Crippen LogP contribution in [0, 0.1) is 0 Å². The van der Waals surface area contributed by atoms with E-state index in [1.165, 1.54) is 54.9 Å². The highest BCUT2D eigenvalue weighted by atomic mass is 32.2. The molecule has 0 saturated carbocycles. The molecule has 2 heterocycles. The smallest absolute Gasteiger partial charge is 0.421 e. The molecule has 4 rings (SSSR count). The Balaban J connectivity index is 1.89. The first kappa shape index (κ1) is 25.4. The SMILES string of the molecule is O=C(Oc1ncccc1O)c1ccc(S(=O)(=O)Oc2cccnc2)c(C(F)(F)F)c1Oc1ccccc1. The van der Waals surface area contributed by atoms with Crippen LogP contribution in [0.4, 0.5) is 13.2 Å². The average Bonchev–Trinajstić information content (AvgIpc) is 2.85. The Morgan fingerprint density at radius 3 is 2.24 bits per heavy atom. The van der Waals surface area contributed by atoms with Gasteiger partial charge < -0.3 is 18.8 Å². The molecule has 0 fully saturated rings. The van der Waals surface area contributed by atoms with Crippen LogP contribution in [0.3, 0.4) is 0 Å². The number of halogens is 3. The normalized spacial score (nSPS) is 11.5. The van der Waals surface area contributed by atoms with Gasteiger partial charge in [-0.1, -0.05) is 18.2 Å². The minimum Gasteiger partial charge on any atom is -0.503 e. The molecule has 9 nitrogen and oxygen atoms in total. The topological polar surface area (TPSA) is 125 Å². The second-order valence-electron chi connectivity index (χ2n) is 7.17. The molecule has 37 heavy (non-hydrogen) atoms. The molecule has 190 valence electrons. The molecular formula is C24H15F3N2O7S. The van der Waals surface area contributed by atoms with Crippen molar-refractivity contribution in [2.24, 2.45) is 0 Å². The number of pyridine rings is 2. The standard InChI is InChI=1S/C24H15F3N2O7S/c25-24(26,27)20-19(37(32,33)36-16-8-4-12-28-14-16)11-10-17(21(20)34-15-6-2-1-3-7-15)23(31)35-22-18(30)9-5-13-29-22/h1-14,30H. The van der Waals surface area contributed by atoms with Gasteiger partial charge in [-0.3, -0.25) is 4.98 Å². The fourth-order valence-electron chi connectivity index (χ4n) is 3.09. The molecule has 4 aromatic rings. The highest BCUT2D eigenvalue weighted by Crippen LogP contribution is 2.45. The minimum absolute atomic E-state index is 0.134. The van der Waals surface area contributed by atoms with E-state index in [0.29, 0.717) is 6.07 Å². The summed E-state index contributed by atoms with van der Waals surface area (Å²) in [5.41, 5.74) is -2.60. The summed E-state index contributed by atoms with van der Waals surface area (Å²) in [6.45, 7) is 0. The van der Waals surface area contributed by atoms with Crippen molar-refractivity contribution in [1.29, 1.82) is 0 Å². The lowest BCUT2D eigenvalue weighted by Gasteiger charge is -2.20. The summed E-state index contributed by atoms with van der Waals surface area (Å²) in [7, 11) is -5.09. The molecule has 2 aromatic carbocycles. The van der Waals surface area contributed by atoms with Crippen LogP contribution in [0.1, 0.15) is 15.9 Å². The first-order valence-corrected chi connectivity index (χ1v) is 11.6. The summed E-state index contributed by atoms with van der Waals surface area (Å²) in [4.78, 5) is 18.9. The Labute approximate surface area is 207 Å². The van der Waals surface area contributed by atoms with Crippen molar-refractivity contribution < 1.29 is 45.1 Å². The van der Waals surface area contributed by atoms with Crippen LogP contribution < -0.4 is 13.7 Å². The van der Waals surface area contributed by atoms with Crippen LogP contribution in [0.25, 0.3) is 0 Å². The van der Waals surface area contributed by atoms with E-state index < -0.39 is 55.7 Å². The van der Waals surface area contributed by atoms with Gasteiger partial charge in [-0.15, -0.1) is 0 Å². The number of para-hydroxylation sites is 1. The number of rotatable bonds is 7. The number of carbonyl (C=O) groups excluding carboxylic acids is 1. The number of esters is 1. The second-order valence-corrected chi connectivity index (χ2v) is 8.69. The van der Waals surface area contributed by atoms with Crippen LogP contribution in [-0.2, 0) is 16.3 Å². The second kappa shape index (κ2) is 10.1. The Morgan fingerprint density at radius 1 is 0.892 bits per heavy atom. The van der Waals surface area contributed by atoms with E-state index in [4.69, 9.17) is 13.7 Å². The molecule has 0 radical (unpaired) electrons. The first-order chi connectivity index (χ1) is 17.6. The number of alkyl halides is 3. The zero-order valence-electron chi connectivity index (χ0n) is 18.4. The number of aromatic hydroxyl groups is 1. The maximum atomic E-state index is 14.4. The molecule has 0 bridgehead atoms. The first-order valence-electron chi connectivity index (χ1n) is 10.2. The van der Waals surface area contributed by atoms with Gasteiger partial charge in [-0.05, 0) is 48.5 Å². The summed E-state index contributed by atoms with van der Waals surface area (Å²) in [6.07, 6.45) is -1.85. The maximum absolute atomic E-state index is 14.4. The Bertz CT molecular complexity index is 1530. The van der Waals surface area contributed by atoms with Crippen molar-refractivity contribution in [1.82, 2.24) is 9.97 Å². The molecule has 0 amide bonds. The molecule has 0 aliphatic heterocycles. The van der Waals surface area contributed by atoms with Crippen molar-refractivity contribution in [3.05, 3.63) is 96.4 Å². The van der Waals surface area contributed by atoms with E-state index in [9.17, 15) is 31.5 Å². The molecule has 0 aliphatic carbocycles. The van der Waals surface area contributed by atoms with Crippen LogP contribution in [0.15, 0.2) is 90.2 Å². The molecule has 0 atom stereocenters. The molecule has 13 heteroatoms. The molecule has 0 aliphatic rings. The van der Waals surface area contributed by atoms with Crippen molar-refractivity contribution in [3.8, 4) is 28.9 Å². The number of carbonyl (C=O) groups is 1. The Hall–Kier alpha value is -4.65. The van der Waals surface area contributed by atoms with Gasteiger partial charge in [0.25, 0.3) is 5.88 Å². The number of hydrogen-bond donors (Lipinski definition) is 1. The molecule has 1 N–H and O–H groups in total. The van der Waals surface area contributed by atoms with Crippen LogP contribution in [0.5, 0.6) is 28.9 Å². The highest BCUT2D eigenvalue weighted by Gasteiger charge is 2.44. The van der Waals surface area contributed by atoms with E-state index in [-0.39, 0.29) is 11.5 Å². The maximum Gasteiger partial charge on any atom is 0.421 e. The molecule has 2 aromatic heterocycles. The monoisotopic (exact) mass is 532 g/mol. The molecule has 0 unspecified atom stereocenters. The Morgan fingerprint density at radius 2 is 1.59 bits per heavy atom. The van der Waals surface area contributed by atoms with Gasteiger partial charge in [0.2, 0.25) is 0 Å². The van der Waals surface area contributed by atoms with E-state index >= 15 is 0 Å². The van der Waals surface area contributed by atoms with Gasteiger partial charge in [0.1, 0.15) is 21.8 Å². The van der Waals surface area contributed by atoms with Gasteiger partial charge in [-0.25, -0.2) is 9.78 Å². The van der Waals surface area contributed by atoms with Crippen LogP contribution >= 0.6 is 0 Å². The quantitative estimate of drug-likeness (QED) is 0.259. The number of ether oxygens (including phenoxy) is 2. The zero-order valence-corrected chi connectivity index (χ0v) is 19.2. The summed E-state index contributed by atoms with van der Waals surface area (Å²) in [6, 6.07) is 13.4. The highest BCUT2D eigenvalue weighted by molar-refractivity contribution is 7.87. The summed E-state index contributed by atoms with van der Waals surface area (Å²) in [5, 5.41) is 9.83. The molecule has 0 spiro atoms. The molecule has 0 saturated heterocycles. The largest absolute Gasteiger partial charge is 0.503 e. The number of hydrogen-bond acceptors (Lipinski definition) is 9. The summed E-state index contributed by atoms with van der Waals surface area (Å²) >= 11 is 0. The van der Waals surface area contributed by atoms with E-state index in [1.54, 1.807) is 6.07 Å². The number of aromatic nitrogens is 2. The van der Waals surface area contributed by atoms with E-state index in [1.807, 2.05) is 0 Å². The van der Waals surface area contributed by atoms with E-state index in [0.717, 1.165) is 18.3 Å². The van der Waals surface area contributed by atoms with Gasteiger partial charge in [0, 0.05) is 12.4 Å². The minimum atomic E-state index is -5.34. The lowest BCUT2D eigenvalue weighted by molar-refractivity contribution is -0.141. The van der Waals surface area contributed by atoms with Crippen LogP contribution in [-0.4, -0.2) is 29.5 Å².